The van der Waals surface area contributed by atoms with Gasteiger partial charge in [0.25, 0.3) is 0 Å². The molecule has 0 amide bonds. The first-order valence-corrected chi connectivity index (χ1v) is 8.51. The summed E-state index contributed by atoms with van der Waals surface area (Å²) in [5.74, 6) is 3.51. The van der Waals surface area contributed by atoms with Crippen LogP contribution in [0.5, 0.6) is 23.0 Å². The van der Waals surface area contributed by atoms with Crippen LogP contribution in [0.2, 0.25) is 0 Å². The number of rotatable bonds is 8. The molecule has 0 saturated heterocycles. The number of hydrogen-bond donors (Lipinski definition) is 2. The molecule has 0 spiro atoms. The van der Waals surface area contributed by atoms with E-state index in [-0.39, 0.29) is 0 Å². The number of ether oxygens (including phenoxy) is 4. The first-order chi connectivity index (χ1) is 13.1. The topological polar surface area (TPSA) is 73.3 Å². The molecule has 0 bridgehead atoms. The predicted molar refractivity (Wildman–Crippen MR) is 106 cm³/mol. The van der Waals surface area contributed by atoms with Crippen LogP contribution in [0.15, 0.2) is 41.4 Å². The number of guanidine groups is 1. The van der Waals surface area contributed by atoms with Crippen LogP contribution < -0.4 is 29.6 Å². The van der Waals surface area contributed by atoms with Crippen molar-refractivity contribution in [3.8, 4) is 23.0 Å². The summed E-state index contributed by atoms with van der Waals surface area (Å²) in [6, 6.07) is 11.6. The third-order valence-corrected chi connectivity index (χ3v) is 4.08. The van der Waals surface area contributed by atoms with E-state index in [1.54, 1.807) is 35.5 Å². The summed E-state index contributed by atoms with van der Waals surface area (Å²) in [6.07, 6.45) is 0. The largest absolute Gasteiger partial charge is 0.497 e. The van der Waals surface area contributed by atoms with Gasteiger partial charge in [-0.05, 0) is 23.8 Å². The van der Waals surface area contributed by atoms with Crippen molar-refractivity contribution in [2.24, 2.45) is 4.99 Å². The standard InChI is InChI=1S/C20H27N3O4/c1-21-20(22-12-14-6-8-16(24-2)9-7-14)23-13-15-10-18(26-4)19(27-5)11-17(15)25-3/h6-11H,12-13H2,1-5H3,(H2,21,22,23). The highest BCUT2D eigenvalue weighted by Gasteiger charge is 2.12. The molecule has 0 radical (unpaired) electrons. The Morgan fingerprint density at radius 1 is 0.778 bits per heavy atom. The molecular weight excluding hydrogens is 346 g/mol. The van der Waals surface area contributed by atoms with Gasteiger partial charge in [-0.2, -0.15) is 0 Å². The minimum absolute atomic E-state index is 0.520. The molecule has 0 saturated carbocycles. The summed E-state index contributed by atoms with van der Waals surface area (Å²) in [7, 11) is 8.22. The van der Waals surface area contributed by atoms with Gasteiger partial charge in [-0.15, -0.1) is 0 Å². The van der Waals surface area contributed by atoms with Crippen LogP contribution in [0, 0.1) is 0 Å². The lowest BCUT2D eigenvalue weighted by atomic mass is 10.1. The van der Waals surface area contributed by atoms with E-state index in [1.807, 2.05) is 36.4 Å². The number of hydrogen-bond acceptors (Lipinski definition) is 5. The summed E-state index contributed by atoms with van der Waals surface area (Å²) in [5, 5.41) is 6.56. The van der Waals surface area contributed by atoms with E-state index in [4.69, 9.17) is 18.9 Å². The average molecular weight is 373 g/mol. The summed E-state index contributed by atoms with van der Waals surface area (Å²) in [5.41, 5.74) is 2.06. The molecule has 27 heavy (non-hydrogen) atoms. The maximum Gasteiger partial charge on any atom is 0.191 e. The van der Waals surface area contributed by atoms with E-state index in [9.17, 15) is 0 Å². The number of nitrogens with one attached hydrogen (secondary N) is 2. The van der Waals surface area contributed by atoms with Crippen molar-refractivity contribution >= 4 is 5.96 Å². The van der Waals surface area contributed by atoms with Gasteiger partial charge in [0.1, 0.15) is 11.5 Å². The Kier molecular flexibility index (Phi) is 7.61. The normalized spacial score (nSPS) is 10.9. The van der Waals surface area contributed by atoms with Crippen molar-refractivity contribution in [2.45, 2.75) is 13.1 Å². The summed E-state index contributed by atoms with van der Waals surface area (Å²) >= 11 is 0. The molecule has 2 N–H and O–H groups in total. The minimum atomic E-state index is 0.520. The van der Waals surface area contributed by atoms with Gasteiger partial charge in [0, 0.05) is 31.8 Å². The Morgan fingerprint density at radius 3 is 1.93 bits per heavy atom. The van der Waals surface area contributed by atoms with Crippen LogP contribution in [-0.2, 0) is 13.1 Å². The fourth-order valence-electron chi connectivity index (χ4n) is 2.56. The van der Waals surface area contributed by atoms with Crippen LogP contribution in [0.25, 0.3) is 0 Å². The van der Waals surface area contributed by atoms with Crippen LogP contribution in [0.3, 0.4) is 0 Å². The Labute approximate surface area is 160 Å². The quantitative estimate of drug-likeness (QED) is 0.547. The van der Waals surface area contributed by atoms with Crippen molar-refractivity contribution in [2.75, 3.05) is 35.5 Å². The van der Waals surface area contributed by atoms with E-state index in [0.29, 0.717) is 36.3 Å². The van der Waals surface area contributed by atoms with E-state index in [1.165, 1.54) is 0 Å². The molecule has 0 aliphatic rings. The minimum Gasteiger partial charge on any atom is -0.497 e. The molecule has 0 aliphatic carbocycles. The molecule has 0 unspecified atom stereocenters. The monoisotopic (exact) mass is 373 g/mol. The molecule has 146 valence electrons. The second kappa shape index (κ2) is 10.2. The highest BCUT2D eigenvalue weighted by atomic mass is 16.5. The highest BCUT2D eigenvalue weighted by molar-refractivity contribution is 5.79. The first kappa shape index (κ1) is 20.2. The molecule has 0 heterocycles. The maximum atomic E-state index is 5.46. The lowest BCUT2D eigenvalue weighted by Crippen LogP contribution is -2.36. The molecule has 0 fully saturated rings. The first-order valence-electron chi connectivity index (χ1n) is 8.51. The maximum absolute atomic E-state index is 5.46. The summed E-state index contributed by atoms with van der Waals surface area (Å²) < 4.78 is 21.3. The third kappa shape index (κ3) is 5.44. The van der Waals surface area contributed by atoms with Gasteiger partial charge >= 0.3 is 0 Å². The third-order valence-electron chi connectivity index (χ3n) is 4.08. The molecule has 0 atom stereocenters. The van der Waals surface area contributed by atoms with Gasteiger partial charge in [0.05, 0.1) is 28.4 Å². The average Bonchev–Trinajstić information content (AvgIpc) is 2.73. The van der Waals surface area contributed by atoms with Gasteiger partial charge in [0.15, 0.2) is 17.5 Å². The summed E-state index contributed by atoms with van der Waals surface area (Å²) in [6.45, 7) is 1.17. The van der Waals surface area contributed by atoms with Crippen molar-refractivity contribution in [1.82, 2.24) is 10.6 Å². The number of aliphatic imine (C=N–C) groups is 1. The molecule has 2 rings (SSSR count). The van der Waals surface area contributed by atoms with Gasteiger partial charge < -0.3 is 29.6 Å². The zero-order chi connectivity index (χ0) is 19.6. The number of methoxy groups -OCH3 is 4. The van der Waals surface area contributed by atoms with Gasteiger partial charge in [-0.25, -0.2) is 0 Å². The van der Waals surface area contributed by atoms with E-state index in [2.05, 4.69) is 15.6 Å². The van der Waals surface area contributed by atoms with Crippen LogP contribution >= 0.6 is 0 Å². The van der Waals surface area contributed by atoms with E-state index in [0.717, 1.165) is 16.9 Å². The fourth-order valence-corrected chi connectivity index (χ4v) is 2.56. The molecular formula is C20H27N3O4. The fraction of sp³-hybridized carbons (Fsp3) is 0.350. The Morgan fingerprint density at radius 2 is 1.37 bits per heavy atom. The van der Waals surface area contributed by atoms with Gasteiger partial charge in [0.2, 0.25) is 0 Å². The molecule has 7 heteroatoms. The highest BCUT2D eigenvalue weighted by Crippen LogP contribution is 2.34. The summed E-state index contributed by atoms with van der Waals surface area (Å²) in [4.78, 5) is 4.26. The molecule has 0 aliphatic heterocycles. The smallest absolute Gasteiger partial charge is 0.191 e. The lowest BCUT2D eigenvalue weighted by molar-refractivity contribution is 0.347. The number of nitrogens with zero attached hydrogens (tertiary/aromatic N) is 1. The van der Waals surface area contributed by atoms with Crippen molar-refractivity contribution in [3.05, 3.63) is 47.5 Å². The molecule has 2 aromatic carbocycles. The molecule has 2 aromatic rings. The molecule has 0 aromatic heterocycles. The Hall–Kier alpha value is -3.09. The zero-order valence-corrected chi connectivity index (χ0v) is 16.5. The second-order valence-corrected chi connectivity index (χ2v) is 5.65. The molecule has 7 nitrogen and oxygen atoms in total. The van der Waals surface area contributed by atoms with Crippen molar-refractivity contribution in [1.29, 1.82) is 0 Å². The second-order valence-electron chi connectivity index (χ2n) is 5.65. The van der Waals surface area contributed by atoms with Crippen LogP contribution in [0.1, 0.15) is 11.1 Å². The van der Waals surface area contributed by atoms with Gasteiger partial charge in [-0.3, -0.25) is 4.99 Å². The number of benzene rings is 2. The Bertz CT molecular complexity index is 761. The van der Waals surface area contributed by atoms with Crippen LogP contribution in [-0.4, -0.2) is 41.4 Å². The Balaban J connectivity index is 2.00. The predicted octanol–water partition coefficient (Wildman–Crippen LogP) is 2.59. The van der Waals surface area contributed by atoms with E-state index >= 15 is 0 Å². The van der Waals surface area contributed by atoms with E-state index < -0.39 is 0 Å². The van der Waals surface area contributed by atoms with Crippen LogP contribution in [0.4, 0.5) is 0 Å². The lowest BCUT2D eigenvalue weighted by Gasteiger charge is -2.16. The van der Waals surface area contributed by atoms with Crippen molar-refractivity contribution in [3.63, 3.8) is 0 Å². The SMILES string of the molecule is CN=C(NCc1ccc(OC)cc1)NCc1cc(OC)c(OC)cc1OC. The zero-order valence-electron chi connectivity index (χ0n) is 16.5. The van der Waals surface area contributed by atoms with Gasteiger partial charge in [-0.1, -0.05) is 12.1 Å². The van der Waals surface area contributed by atoms with Crippen molar-refractivity contribution < 1.29 is 18.9 Å².